The summed E-state index contributed by atoms with van der Waals surface area (Å²) in [5, 5.41) is 5.67. The first-order valence-electron chi connectivity index (χ1n) is 9.27. The molecule has 0 aliphatic rings. The van der Waals surface area contributed by atoms with Crippen molar-refractivity contribution in [2.45, 2.75) is 32.3 Å². The predicted octanol–water partition coefficient (Wildman–Crippen LogP) is 4.90. The van der Waals surface area contributed by atoms with E-state index < -0.39 is 11.6 Å². The van der Waals surface area contributed by atoms with Gasteiger partial charge >= 0.3 is 6.03 Å². The van der Waals surface area contributed by atoms with Crippen LogP contribution in [0.4, 0.5) is 18.6 Å². The van der Waals surface area contributed by atoms with Crippen LogP contribution in [-0.2, 0) is 6.61 Å². The summed E-state index contributed by atoms with van der Waals surface area (Å²) in [6, 6.07) is 3.09. The number of benzene rings is 1. The van der Waals surface area contributed by atoms with Gasteiger partial charge in [-0.15, -0.1) is 0 Å². The van der Waals surface area contributed by atoms with Crippen LogP contribution in [0.3, 0.4) is 0 Å². The molecule has 2 N–H and O–H groups in total. The first-order valence-corrected chi connectivity index (χ1v) is 10.4. The maximum absolute atomic E-state index is 13.7. The van der Waals surface area contributed by atoms with Gasteiger partial charge in [-0.1, -0.05) is 24.4 Å². The molecule has 0 saturated carbocycles. The molecule has 2 aromatic rings. The number of rotatable bonds is 11. The highest BCUT2D eigenvalue weighted by Crippen LogP contribution is 2.24. The van der Waals surface area contributed by atoms with Gasteiger partial charge in [0.25, 0.3) is 0 Å². The average molecular weight is 447 g/mol. The lowest BCUT2D eigenvalue weighted by Gasteiger charge is -2.09. The molecule has 0 unspecified atom stereocenters. The number of anilines is 1. The van der Waals surface area contributed by atoms with Crippen molar-refractivity contribution >= 4 is 34.2 Å². The van der Waals surface area contributed by atoms with Gasteiger partial charge in [-0.25, -0.2) is 13.6 Å². The molecule has 29 heavy (non-hydrogen) atoms. The van der Waals surface area contributed by atoms with Crippen molar-refractivity contribution in [1.29, 1.82) is 0 Å². The molecule has 2 amide bonds. The van der Waals surface area contributed by atoms with Gasteiger partial charge in [0.05, 0.1) is 5.02 Å². The zero-order chi connectivity index (χ0) is 21.2. The van der Waals surface area contributed by atoms with E-state index in [1.54, 1.807) is 0 Å². The second-order valence-electron chi connectivity index (χ2n) is 6.77. The van der Waals surface area contributed by atoms with Crippen LogP contribution in [0, 0.1) is 11.6 Å². The summed E-state index contributed by atoms with van der Waals surface area (Å²) in [7, 11) is 4.11. The van der Waals surface area contributed by atoms with E-state index >= 15 is 0 Å². The molecule has 0 aliphatic heterocycles. The number of carbonyl (C=O) groups excluding carboxylic acids is 1. The Hall–Kier alpha value is -1.97. The predicted molar refractivity (Wildman–Crippen MR) is 112 cm³/mol. The maximum atomic E-state index is 13.7. The summed E-state index contributed by atoms with van der Waals surface area (Å²) in [4.78, 5) is 14.1. The van der Waals surface area contributed by atoms with Crippen LogP contribution in [0.15, 0.2) is 18.2 Å². The minimum Gasteiger partial charge on any atom is -0.472 e. The molecule has 0 spiro atoms. The number of urea groups is 1. The third-order valence-electron chi connectivity index (χ3n) is 4.01. The van der Waals surface area contributed by atoms with Crippen molar-refractivity contribution in [2.24, 2.45) is 0 Å². The van der Waals surface area contributed by atoms with E-state index in [2.05, 4.69) is 34.0 Å². The van der Waals surface area contributed by atoms with E-state index in [4.69, 9.17) is 16.3 Å². The molecule has 6 nitrogen and oxygen atoms in total. The zero-order valence-corrected chi connectivity index (χ0v) is 18.0. The Bertz CT molecular complexity index is 805. The fraction of sp³-hybridized carbons (Fsp3) is 0.474. The number of amides is 2. The SMILES string of the molecule is CN(C)CCCCCCNC(=O)Nc1cc(OCc2cc(F)c(Cl)cc2F)ns1. The van der Waals surface area contributed by atoms with Crippen LogP contribution in [0.25, 0.3) is 0 Å². The molecule has 2 rings (SSSR count). The monoisotopic (exact) mass is 446 g/mol. The van der Waals surface area contributed by atoms with E-state index in [1.165, 1.54) is 6.07 Å². The van der Waals surface area contributed by atoms with Crippen molar-refractivity contribution in [3.05, 3.63) is 40.4 Å². The summed E-state index contributed by atoms with van der Waals surface area (Å²) >= 11 is 6.55. The van der Waals surface area contributed by atoms with Crippen molar-refractivity contribution in [3.63, 3.8) is 0 Å². The Morgan fingerprint density at radius 3 is 2.69 bits per heavy atom. The van der Waals surface area contributed by atoms with Crippen LogP contribution in [0.5, 0.6) is 5.88 Å². The topological polar surface area (TPSA) is 66.5 Å². The molecular weight excluding hydrogens is 422 g/mol. The molecule has 1 heterocycles. The largest absolute Gasteiger partial charge is 0.472 e. The summed E-state index contributed by atoms with van der Waals surface area (Å²) in [5.74, 6) is -1.17. The normalized spacial score (nSPS) is 11.0. The molecular formula is C19H25ClF2N4O2S. The summed E-state index contributed by atoms with van der Waals surface area (Å²) in [6.07, 6.45) is 4.26. The maximum Gasteiger partial charge on any atom is 0.319 e. The summed E-state index contributed by atoms with van der Waals surface area (Å²) < 4.78 is 36.6. The Labute approximate surface area is 178 Å². The molecule has 0 atom stereocenters. The Balaban J connectivity index is 1.68. The number of aromatic nitrogens is 1. The number of hydrogen-bond donors (Lipinski definition) is 2. The highest BCUT2D eigenvalue weighted by molar-refractivity contribution is 7.10. The van der Waals surface area contributed by atoms with E-state index in [1.807, 2.05) is 0 Å². The fourth-order valence-corrected chi connectivity index (χ4v) is 3.21. The highest BCUT2D eigenvalue weighted by atomic mass is 35.5. The molecule has 0 radical (unpaired) electrons. The van der Waals surface area contributed by atoms with Gasteiger partial charge in [-0.3, -0.25) is 5.32 Å². The van der Waals surface area contributed by atoms with Gasteiger partial charge < -0.3 is 15.0 Å². The first-order chi connectivity index (χ1) is 13.8. The second-order valence-corrected chi connectivity index (χ2v) is 7.99. The van der Waals surface area contributed by atoms with Gasteiger partial charge in [0, 0.05) is 18.2 Å². The van der Waals surface area contributed by atoms with Crippen molar-refractivity contribution < 1.29 is 18.3 Å². The molecule has 0 saturated heterocycles. The van der Waals surface area contributed by atoms with E-state index in [-0.39, 0.29) is 29.1 Å². The van der Waals surface area contributed by atoms with Gasteiger partial charge in [0.2, 0.25) is 5.88 Å². The molecule has 160 valence electrons. The smallest absolute Gasteiger partial charge is 0.319 e. The lowest BCUT2D eigenvalue weighted by molar-refractivity contribution is 0.252. The quantitative estimate of drug-likeness (QED) is 0.380. The number of nitrogens with one attached hydrogen (secondary N) is 2. The second kappa shape index (κ2) is 11.9. The number of carbonyl (C=O) groups is 1. The standard InChI is InChI=1S/C19H25ClF2N4O2S/c1-26(2)8-6-4-3-5-7-23-19(27)24-18-11-17(25-29-18)28-12-13-9-16(22)14(20)10-15(13)21/h9-11H,3-8,12H2,1-2H3,(H2,23,24,27). The van der Waals surface area contributed by atoms with Crippen molar-refractivity contribution in [3.8, 4) is 5.88 Å². The van der Waals surface area contributed by atoms with Crippen LogP contribution in [0.1, 0.15) is 31.2 Å². The zero-order valence-electron chi connectivity index (χ0n) is 16.4. The lowest BCUT2D eigenvalue weighted by Crippen LogP contribution is -2.29. The third kappa shape index (κ3) is 8.51. The van der Waals surface area contributed by atoms with Crippen molar-refractivity contribution in [1.82, 2.24) is 14.6 Å². The van der Waals surface area contributed by atoms with Gasteiger partial charge in [-0.05, 0) is 57.1 Å². The number of nitrogens with zero attached hydrogens (tertiary/aromatic N) is 2. The van der Waals surface area contributed by atoms with E-state index in [0.29, 0.717) is 11.5 Å². The van der Waals surface area contributed by atoms with Crippen LogP contribution in [-0.4, -0.2) is 42.5 Å². The molecule has 10 heteroatoms. The Morgan fingerprint density at radius 1 is 1.17 bits per heavy atom. The minimum atomic E-state index is -0.721. The van der Waals surface area contributed by atoms with E-state index in [9.17, 15) is 13.6 Å². The number of hydrogen-bond acceptors (Lipinski definition) is 5. The summed E-state index contributed by atoms with van der Waals surface area (Å²) in [6.45, 7) is 1.46. The lowest BCUT2D eigenvalue weighted by atomic mass is 10.2. The Kier molecular flexibility index (Phi) is 9.56. The Morgan fingerprint density at radius 2 is 1.93 bits per heavy atom. The van der Waals surface area contributed by atoms with Crippen LogP contribution < -0.4 is 15.4 Å². The van der Waals surface area contributed by atoms with Crippen molar-refractivity contribution in [2.75, 3.05) is 32.5 Å². The first kappa shape index (κ1) is 23.3. The minimum absolute atomic E-state index is 0.0257. The summed E-state index contributed by atoms with van der Waals surface area (Å²) in [5.41, 5.74) is 0.0257. The third-order valence-corrected chi connectivity index (χ3v) is 4.99. The molecule has 0 aliphatic carbocycles. The molecule has 1 aromatic carbocycles. The molecule has 0 fully saturated rings. The van der Waals surface area contributed by atoms with Crippen LogP contribution in [0.2, 0.25) is 5.02 Å². The fourth-order valence-electron chi connectivity index (χ4n) is 2.48. The van der Waals surface area contributed by atoms with Gasteiger partial charge in [0.15, 0.2) is 0 Å². The highest BCUT2D eigenvalue weighted by Gasteiger charge is 2.11. The number of halogens is 3. The molecule has 1 aromatic heterocycles. The average Bonchev–Trinajstić information content (AvgIpc) is 3.09. The van der Waals surface area contributed by atoms with Crippen LogP contribution >= 0.6 is 23.1 Å². The number of unbranched alkanes of at least 4 members (excludes halogenated alkanes) is 3. The molecule has 0 bridgehead atoms. The van der Waals surface area contributed by atoms with Gasteiger partial charge in [0.1, 0.15) is 23.2 Å². The van der Waals surface area contributed by atoms with E-state index in [0.717, 1.165) is 55.9 Å². The number of ether oxygens (including phenoxy) is 1. The van der Waals surface area contributed by atoms with Gasteiger partial charge in [-0.2, -0.15) is 4.37 Å².